The van der Waals surface area contributed by atoms with Gasteiger partial charge in [0.2, 0.25) is 5.91 Å². The number of H-pyrrole nitrogens is 1. The predicted molar refractivity (Wildman–Crippen MR) is 104 cm³/mol. The summed E-state index contributed by atoms with van der Waals surface area (Å²) in [5.74, 6) is -0.570. The minimum Gasteiger partial charge on any atom is -0.481 e. The highest BCUT2D eigenvalue weighted by Gasteiger charge is 2.39. The zero-order chi connectivity index (χ0) is 19.6. The summed E-state index contributed by atoms with van der Waals surface area (Å²) in [7, 11) is 0. The molecule has 0 radical (unpaired) electrons. The number of carbonyl (C=O) groups excluding carboxylic acids is 1. The standard InChI is InChI=1S/C19H25N3O4S/c1-11-12(2)27-17-15(11)16(24)21-13(22-17)6-7-14(23)20-10-19(18(25)26)8-4-3-5-9-19/h3-10H2,1-2H3,(H,20,23)(H,25,26)(H,21,22,24). The summed E-state index contributed by atoms with van der Waals surface area (Å²) in [6.07, 6.45) is 4.49. The van der Waals surface area contributed by atoms with Gasteiger partial charge in [0.1, 0.15) is 10.7 Å². The van der Waals surface area contributed by atoms with Crippen LogP contribution in [0.15, 0.2) is 4.79 Å². The quantitative estimate of drug-likeness (QED) is 0.701. The Hall–Kier alpha value is -2.22. The molecule has 0 aliphatic heterocycles. The summed E-state index contributed by atoms with van der Waals surface area (Å²) in [6.45, 7) is 4.02. The largest absolute Gasteiger partial charge is 0.481 e. The minimum absolute atomic E-state index is 0.160. The van der Waals surface area contributed by atoms with Crippen LogP contribution < -0.4 is 10.9 Å². The van der Waals surface area contributed by atoms with Crippen molar-refractivity contribution in [3.8, 4) is 0 Å². The molecule has 0 unspecified atom stereocenters. The lowest BCUT2D eigenvalue weighted by Gasteiger charge is -2.33. The Bertz CT molecular complexity index is 925. The third-order valence-electron chi connectivity index (χ3n) is 5.57. The number of hydrogen-bond donors (Lipinski definition) is 3. The number of nitrogens with zero attached hydrogens (tertiary/aromatic N) is 1. The van der Waals surface area contributed by atoms with Gasteiger partial charge in [0, 0.05) is 24.3 Å². The number of aliphatic carboxylic acids is 1. The van der Waals surface area contributed by atoms with Crippen LogP contribution in [0.1, 0.15) is 54.8 Å². The van der Waals surface area contributed by atoms with E-state index >= 15 is 0 Å². The van der Waals surface area contributed by atoms with E-state index in [-0.39, 0.29) is 24.4 Å². The zero-order valence-electron chi connectivity index (χ0n) is 15.7. The smallest absolute Gasteiger partial charge is 0.311 e. The second kappa shape index (κ2) is 7.80. The molecule has 1 fully saturated rings. The highest BCUT2D eigenvalue weighted by atomic mass is 32.1. The second-order valence-corrected chi connectivity index (χ2v) is 8.60. The maximum absolute atomic E-state index is 12.3. The number of amides is 1. The highest BCUT2D eigenvalue weighted by Crippen LogP contribution is 2.36. The van der Waals surface area contributed by atoms with Crippen molar-refractivity contribution < 1.29 is 14.7 Å². The monoisotopic (exact) mass is 391 g/mol. The van der Waals surface area contributed by atoms with E-state index in [1.54, 1.807) is 0 Å². The maximum atomic E-state index is 12.3. The summed E-state index contributed by atoms with van der Waals surface area (Å²) in [5.41, 5.74) is -0.0745. The van der Waals surface area contributed by atoms with Crippen LogP contribution in [-0.4, -0.2) is 33.5 Å². The van der Waals surface area contributed by atoms with E-state index in [1.807, 2.05) is 13.8 Å². The number of aromatic nitrogens is 2. The fourth-order valence-corrected chi connectivity index (χ4v) is 4.75. The van der Waals surface area contributed by atoms with Gasteiger partial charge in [0.15, 0.2) is 0 Å². The number of hydrogen-bond acceptors (Lipinski definition) is 5. The Kier molecular flexibility index (Phi) is 5.64. The molecule has 3 N–H and O–H groups in total. The van der Waals surface area contributed by atoms with Gasteiger partial charge in [-0.1, -0.05) is 19.3 Å². The van der Waals surface area contributed by atoms with Crippen LogP contribution in [0.3, 0.4) is 0 Å². The van der Waals surface area contributed by atoms with E-state index in [2.05, 4.69) is 15.3 Å². The van der Waals surface area contributed by atoms with Gasteiger partial charge < -0.3 is 15.4 Å². The summed E-state index contributed by atoms with van der Waals surface area (Å²) in [4.78, 5) is 45.1. The molecule has 1 aliphatic carbocycles. The molecule has 27 heavy (non-hydrogen) atoms. The Morgan fingerprint density at radius 2 is 1.96 bits per heavy atom. The van der Waals surface area contributed by atoms with Gasteiger partial charge in [0.25, 0.3) is 5.56 Å². The van der Waals surface area contributed by atoms with Gasteiger partial charge in [-0.25, -0.2) is 4.98 Å². The molecular formula is C19H25N3O4S. The zero-order valence-corrected chi connectivity index (χ0v) is 16.5. The molecule has 0 saturated heterocycles. The van der Waals surface area contributed by atoms with Crippen LogP contribution in [0.5, 0.6) is 0 Å². The van der Waals surface area contributed by atoms with E-state index in [1.165, 1.54) is 11.3 Å². The number of carbonyl (C=O) groups is 2. The first-order valence-corrected chi connectivity index (χ1v) is 10.1. The molecule has 2 heterocycles. The van der Waals surface area contributed by atoms with Crippen molar-refractivity contribution in [2.24, 2.45) is 5.41 Å². The van der Waals surface area contributed by atoms with Gasteiger partial charge in [-0.15, -0.1) is 11.3 Å². The van der Waals surface area contributed by atoms with Crippen molar-refractivity contribution in [2.75, 3.05) is 6.54 Å². The average Bonchev–Trinajstić information content (AvgIpc) is 2.93. The summed E-state index contributed by atoms with van der Waals surface area (Å²) in [6, 6.07) is 0. The third-order valence-corrected chi connectivity index (χ3v) is 6.67. The number of rotatable bonds is 6. The van der Waals surface area contributed by atoms with Crippen molar-refractivity contribution in [2.45, 2.75) is 58.8 Å². The third kappa shape index (κ3) is 4.05. The molecule has 3 rings (SSSR count). The first-order valence-electron chi connectivity index (χ1n) is 9.31. The van der Waals surface area contributed by atoms with E-state index in [9.17, 15) is 19.5 Å². The summed E-state index contributed by atoms with van der Waals surface area (Å²) >= 11 is 1.48. The van der Waals surface area contributed by atoms with Gasteiger partial charge in [0.05, 0.1) is 10.8 Å². The maximum Gasteiger partial charge on any atom is 0.311 e. The fourth-order valence-electron chi connectivity index (χ4n) is 3.70. The molecule has 2 aromatic rings. The van der Waals surface area contributed by atoms with Crippen LogP contribution in [0.2, 0.25) is 0 Å². The Morgan fingerprint density at radius 1 is 1.26 bits per heavy atom. The van der Waals surface area contributed by atoms with Gasteiger partial charge >= 0.3 is 5.97 Å². The number of aromatic amines is 1. The first kappa shape index (κ1) is 19.5. The lowest BCUT2D eigenvalue weighted by Crippen LogP contribution is -2.44. The molecular weight excluding hydrogens is 366 g/mol. The van der Waals surface area contributed by atoms with Gasteiger partial charge in [-0.3, -0.25) is 14.4 Å². The molecule has 0 bridgehead atoms. The van der Waals surface area contributed by atoms with Crippen molar-refractivity contribution in [3.63, 3.8) is 0 Å². The van der Waals surface area contributed by atoms with Crippen molar-refractivity contribution >= 4 is 33.4 Å². The number of fused-ring (bicyclic) bond motifs is 1. The number of carboxylic acid groups (broad SMARTS) is 1. The van der Waals surface area contributed by atoms with E-state index < -0.39 is 11.4 Å². The molecule has 1 amide bonds. The van der Waals surface area contributed by atoms with Crippen LogP contribution in [0.4, 0.5) is 0 Å². The van der Waals surface area contributed by atoms with Crippen LogP contribution in [0, 0.1) is 19.3 Å². The highest BCUT2D eigenvalue weighted by molar-refractivity contribution is 7.18. The van der Waals surface area contributed by atoms with Crippen LogP contribution in [0.25, 0.3) is 10.2 Å². The Balaban J connectivity index is 1.61. The molecule has 0 spiro atoms. The fraction of sp³-hybridized carbons (Fsp3) is 0.579. The normalized spacial score (nSPS) is 16.4. The van der Waals surface area contributed by atoms with Crippen LogP contribution >= 0.6 is 11.3 Å². The molecule has 1 saturated carbocycles. The molecule has 8 heteroatoms. The molecule has 146 valence electrons. The number of carboxylic acids is 1. The van der Waals surface area contributed by atoms with Gasteiger partial charge in [-0.05, 0) is 32.3 Å². The molecule has 2 aromatic heterocycles. The molecule has 0 aromatic carbocycles. The molecule has 7 nitrogen and oxygen atoms in total. The lowest BCUT2D eigenvalue weighted by atomic mass is 9.74. The minimum atomic E-state index is -0.842. The average molecular weight is 391 g/mol. The second-order valence-electron chi connectivity index (χ2n) is 7.40. The van der Waals surface area contributed by atoms with Gasteiger partial charge in [-0.2, -0.15) is 0 Å². The summed E-state index contributed by atoms with van der Waals surface area (Å²) in [5, 5.41) is 13.0. The number of nitrogens with one attached hydrogen (secondary N) is 2. The van der Waals surface area contributed by atoms with Crippen LogP contribution in [-0.2, 0) is 16.0 Å². The Labute approximate surface area is 161 Å². The number of thiophene rings is 1. The summed E-state index contributed by atoms with van der Waals surface area (Å²) < 4.78 is 0. The van der Waals surface area contributed by atoms with Crippen molar-refractivity contribution in [1.82, 2.24) is 15.3 Å². The SMILES string of the molecule is Cc1sc2nc(CCC(=O)NCC3(C(=O)O)CCCCC3)[nH]c(=O)c2c1C. The van der Waals surface area contributed by atoms with E-state index in [0.29, 0.717) is 35.3 Å². The van der Waals surface area contributed by atoms with E-state index in [0.717, 1.165) is 29.7 Å². The van der Waals surface area contributed by atoms with E-state index in [4.69, 9.17) is 0 Å². The van der Waals surface area contributed by atoms with Crippen molar-refractivity contribution in [3.05, 3.63) is 26.6 Å². The molecule has 0 atom stereocenters. The Morgan fingerprint density at radius 3 is 2.63 bits per heavy atom. The molecule has 1 aliphatic rings. The van der Waals surface area contributed by atoms with Crippen molar-refractivity contribution in [1.29, 1.82) is 0 Å². The topological polar surface area (TPSA) is 112 Å². The number of aryl methyl sites for hydroxylation is 3. The first-order chi connectivity index (χ1) is 12.8. The lowest BCUT2D eigenvalue weighted by molar-refractivity contribution is -0.151. The predicted octanol–water partition coefficient (Wildman–Crippen LogP) is 2.69.